The molecule has 3 aromatic rings. The summed E-state index contributed by atoms with van der Waals surface area (Å²) in [5.74, 6) is 0. The van der Waals surface area contributed by atoms with Crippen molar-refractivity contribution >= 4 is 33.8 Å². The minimum absolute atomic E-state index is 0.660. The topological polar surface area (TPSA) is 24.1 Å². The quantitative estimate of drug-likeness (QED) is 0.700. The van der Waals surface area contributed by atoms with Crippen LogP contribution in [0.15, 0.2) is 72.8 Å². The molecule has 3 heteroatoms. The molecular weight excluding hydrogens is 288 g/mol. The Bertz CT molecular complexity index is 763. The zero-order chi connectivity index (χ0) is 15.2. The lowest BCUT2D eigenvalue weighted by atomic mass is 10.1. The Kier molecular flexibility index (Phi) is 4.66. The summed E-state index contributed by atoms with van der Waals surface area (Å²) in [6.45, 7) is 0.820. The van der Waals surface area contributed by atoms with Gasteiger partial charge in [0.2, 0.25) is 0 Å². The number of thiocarbonyl (C=S) groups is 1. The monoisotopic (exact) mass is 306 g/mol. The number of anilines is 1. The van der Waals surface area contributed by atoms with Crippen LogP contribution in [0.4, 0.5) is 5.69 Å². The Morgan fingerprint density at radius 2 is 1.55 bits per heavy atom. The van der Waals surface area contributed by atoms with E-state index in [4.69, 9.17) is 12.2 Å². The molecule has 2 N–H and O–H groups in total. The summed E-state index contributed by atoms with van der Waals surface area (Å²) in [5.41, 5.74) is 2.35. The molecule has 0 aromatic heterocycles. The number of fused-ring (bicyclic) bond motifs is 1. The molecule has 0 aliphatic carbocycles. The number of benzene rings is 3. The zero-order valence-corrected chi connectivity index (χ0v) is 13.1. The Labute approximate surface area is 136 Å². The summed E-state index contributed by atoms with van der Waals surface area (Å²) < 4.78 is 0. The van der Waals surface area contributed by atoms with Crippen molar-refractivity contribution < 1.29 is 0 Å². The largest absolute Gasteiger partial charge is 0.362 e. The molecule has 0 saturated heterocycles. The fourth-order valence-corrected chi connectivity index (χ4v) is 2.68. The van der Waals surface area contributed by atoms with Crippen LogP contribution in [0, 0.1) is 0 Å². The van der Waals surface area contributed by atoms with Crippen LogP contribution < -0.4 is 10.6 Å². The van der Waals surface area contributed by atoms with E-state index in [1.54, 1.807) is 0 Å². The zero-order valence-electron chi connectivity index (χ0n) is 12.3. The smallest absolute Gasteiger partial charge is 0.170 e. The average Bonchev–Trinajstić information content (AvgIpc) is 2.56. The fourth-order valence-electron chi connectivity index (χ4n) is 2.47. The Morgan fingerprint density at radius 1 is 0.818 bits per heavy atom. The van der Waals surface area contributed by atoms with Gasteiger partial charge in [0, 0.05) is 17.6 Å². The third-order valence-corrected chi connectivity index (χ3v) is 3.83. The number of rotatable bonds is 4. The van der Waals surface area contributed by atoms with Crippen LogP contribution in [-0.2, 0) is 6.42 Å². The van der Waals surface area contributed by atoms with Gasteiger partial charge in [-0.05, 0) is 35.7 Å². The van der Waals surface area contributed by atoms with Gasteiger partial charge in [0.15, 0.2) is 5.11 Å². The van der Waals surface area contributed by atoms with E-state index >= 15 is 0 Å². The molecule has 0 unspecified atom stereocenters. The van der Waals surface area contributed by atoms with Crippen molar-refractivity contribution in [3.63, 3.8) is 0 Å². The first-order valence-corrected chi connectivity index (χ1v) is 7.80. The molecule has 2 nitrogen and oxygen atoms in total. The highest BCUT2D eigenvalue weighted by Crippen LogP contribution is 2.22. The van der Waals surface area contributed by atoms with Gasteiger partial charge >= 0.3 is 0 Å². The van der Waals surface area contributed by atoms with Crippen LogP contribution in [0.1, 0.15) is 5.56 Å². The molecule has 0 aliphatic heterocycles. The van der Waals surface area contributed by atoms with Gasteiger partial charge in [0.1, 0.15) is 0 Å². The van der Waals surface area contributed by atoms with Crippen LogP contribution >= 0.6 is 12.2 Å². The minimum Gasteiger partial charge on any atom is -0.362 e. The van der Waals surface area contributed by atoms with E-state index in [1.807, 2.05) is 30.3 Å². The molecule has 3 aromatic carbocycles. The molecule has 0 spiro atoms. The van der Waals surface area contributed by atoms with Crippen molar-refractivity contribution in [3.05, 3.63) is 78.4 Å². The Morgan fingerprint density at radius 3 is 2.41 bits per heavy atom. The summed E-state index contributed by atoms with van der Waals surface area (Å²) in [6.07, 6.45) is 0.957. The van der Waals surface area contributed by atoms with E-state index in [-0.39, 0.29) is 0 Å². The third kappa shape index (κ3) is 3.62. The van der Waals surface area contributed by atoms with Gasteiger partial charge in [-0.3, -0.25) is 0 Å². The highest BCUT2D eigenvalue weighted by Gasteiger charge is 2.02. The second-order valence-electron chi connectivity index (χ2n) is 5.14. The second-order valence-corrected chi connectivity index (χ2v) is 5.55. The minimum atomic E-state index is 0.660. The highest BCUT2D eigenvalue weighted by molar-refractivity contribution is 7.80. The van der Waals surface area contributed by atoms with Gasteiger partial charge in [-0.25, -0.2) is 0 Å². The van der Waals surface area contributed by atoms with E-state index in [0.29, 0.717) is 5.11 Å². The van der Waals surface area contributed by atoms with E-state index < -0.39 is 0 Å². The molecule has 22 heavy (non-hydrogen) atoms. The Hall–Kier alpha value is -2.39. The first-order chi connectivity index (χ1) is 10.8. The molecule has 0 atom stereocenters. The average molecular weight is 306 g/mol. The summed E-state index contributed by atoms with van der Waals surface area (Å²) in [5, 5.41) is 9.60. The third-order valence-electron chi connectivity index (χ3n) is 3.58. The van der Waals surface area contributed by atoms with Gasteiger partial charge in [-0.1, -0.05) is 66.7 Å². The normalized spacial score (nSPS) is 10.4. The van der Waals surface area contributed by atoms with Gasteiger partial charge in [0.25, 0.3) is 0 Å². The lowest BCUT2D eigenvalue weighted by Gasteiger charge is -2.12. The number of hydrogen-bond acceptors (Lipinski definition) is 1. The summed E-state index contributed by atoms with van der Waals surface area (Å²) >= 11 is 5.39. The first kappa shape index (κ1) is 14.5. The van der Waals surface area contributed by atoms with Gasteiger partial charge in [-0.2, -0.15) is 0 Å². The van der Waals surface area contributed by atoms with Crippen LogP contribution in [0.3, 0.4) is 0 Å². The van der Waals surface area contributed by atoms with Crippen molar-refractivity contribution in [3.8, 4) is 0 Å². The maximum atomic E-state index is 5.39. The molecule has 0 amide bonds. The molecular formula is C19H18N2S. The standard InChI is InChI=1S/C19H18N2S/c22-19(20-14-13-15-7-2-1-3-8-15)21-18-12-6-10-16-9-4-5-11-17(16)18/h1-12H,13-14H2,(H2,20,21,22). The molecule has 0 fully saturated rings. The summed E-state index contributed by atoms with van der Waals surface area (Å²) in [4.78, 5) is 0. The second kappa shape index (κ2) is 7.05. The molecule has 110 valence electrons. The van der Waals surface area contributed by atoms with Crippen LogP contribution in [0.5, 0.6) is 0 Å². The highest BCUT2D eigenvalue weighted by atomic mass is 32.1. The molecule has 0 heterocycles. The summed E-state index contributed by atoms with van der Waals surface area (Å²) in [6, 6.07) is 24.9. The molecule has 0 radical (unpaired) electrons. The van der Waals surface area contributed by atoms with Gasteiger partial charge in [-0.15, -0.1) is 0 Å². The van der Waals surface area contributed by atoms with E-state index in [2.05, 4.69) is 53.1 Å². The molecule has 0 bridgehead atoms. The lowest BCUT2D eigenvalue weighted by Crippen LogP contribution is -2.30. The maximum absolute atomic E-state index is 5.39. The van der Waals surface area contributed by atoms with Crippen molar-refractivity contribution in [1.29, 1.82) is 0 Å². The molecule has 0 aliphatic rings. The first-order valence-electron chi connectivity index (χ1n) is 7.39. The molecule has 3 rings (SSSR count). The van der Waals surface area contributed by atoms with Crippen molar-refractivity contribution in [2.24, 2.45) is 0 Å². The number of hydrogen-bond donors (Lipinski definition) is 2. The lowest BCUT2D eigenvalue weighted by molar-refractivity contribution is 0.873. The van der Waals surface area contributed by atoms with Crippen molar-refractivity contribution in [2.75, 3.05) is 11.9 Å². The Balaban J connectivity index is 1.59. The number of nitrogens with one attached hydrogen (secondary N) is 2. The predicted octanol–water partition coefficient (Wildman–Crippen LogP) is 4.37. The van der Waals surface area contributed by atoms with E-state index in [0.717, 1.165) is 18.7 Å². The van der Waals surface area contributed by atoms with Crippen LogP contribution in [-0.4, -0.2) is 11.7 Å². The SMILES string of the molecule is S=C(NCCc1ccccc1)Nc1cccc2ccccc12. The van der Waals surface area contributed by atoms with Gasteiger partial charge < -0.3 is 10.6 Å². The molecule has 0 saturated carbocycles. The van der Waals surface area contributed by atoms with Crippen molar-refractivity contribution in [2.45, 2.75) is 6.42 Å². The summed E-state index contributed by atoms with van der Waals surface area (Å²) in [7, 11) is 0. The van der Waals surface area contributed by atoms with Crippen LogP contribution in [0.2, 0.25) is 0 Å². The fraction of sp³-hybridized carbons (Fsp3) is 0.105. The van der Waals surface area contributed by atoms with Gasteiger partial charge in [0.05, 0.1) is 0 Å². The van der Waals surface area contributed by atoms with Crippen molar-refractivity contribution in [1.82, 2.24) is 5.32 Å². The van der Waals surface area contributed by atoms with E-state index in [9.17, 15) is 0 Å². The maximum Gasteiger partial charge on any atom is 0.170 e. The van der Waals surface area contributed by atoms with E-state index in [1.165, 1.54) is 16.3 Å². The van der Waals surface area contributed by atoms with Crippen LogP contribution in [0.25, 0.3) is 10.8 Å². The predicted molar refractivity (Wildman–Crippen MR) is 98.3 cm³/mol.